The molecule has 0 aliphatic heterocycles. The third-order valence-electron chi connectivity index (χ3n) is 10.9. The largest absolute Gasteiger partial charge is 0.309 e. The van der Waals surface area contributed by atoms with Crippen LogP contribution in [0.2, 0.25) is 0 Å². The average molecular weight is 748 g/mol. The highest BCUT2D eigenvalue weighted by Gasteiger charge is 2.18. The summed E-state index contributed by atoms with van der Waals surface area (Å²) in [4.78, 5) is 9.45. The first kappa shape index (κ1) is 34.4. The van der Waals surface area contributed by atoms with Gasteiger partial charge in [0.2, 0.25) is 0 Å². The highest BCUT2D eigenvalue weighted by molar-refractivity contribution is 7.25. The van der Waals surface area contributed by atoms with Crippen molar-refractivity contribution in [2.45, 2.75) is 6.92 Å². The lowest BCUT2D eigenvalue weighted by molar-refractivity contribution is 1.19. The molecule has 6 aromatic carbocycles. The molecule has 4 heterocycles. The van der Waals surface area contributed by atoms with E-state index in [0.717, 1.165) is 72.6 Å². The highest BCUT2D eigenvalue weighted by Crippen LogP contribution is 2.42. The van der Waals surface area contributed by atoms with Crippen molar-refractivity contribution < 1.29 is 0 Å². The summed E-state index contributed by atoms with van der Waals surface area (Å²) >= 11 is 1.84. The van der Waals surface area contributed by atoms with Crippen LogP contribution in [0.15, 0.2) is 201 Å². The van der Waals surface area contributed by atoms with Gasteiger partial charge in [-0.15, -0.1) is 11.3 Å². The fraction of sp³-hybridized carbons (Fsp3) is 0.0189. The van der Waals surface area contributed by atoms with Crippen LogP contribution in [0.5, 0.6) is 0 Å². The van der Waals surface area contributed by atoms with Crippen molar-refractivity contribution in [2.24, 2.45) is 0 Å². The van der Waals surface area contributed by atoms with Gasteiger partial charge in [0.15, 0.2) is 0 Å². The smallest absolute Gasteiger partial charge is 0.0708 e. The fourth-order valence-electron chi connectivity index (χ4n) is 8.16. The lowest BCUT2D eigenvalue weighted by Crippen LogP contribution is -1.94. The van der Waals surface area contributed by atoms with Gasteiger partial charge in [0.05, 0.1) is 22.4 Å². The van der Waals surface area contributed by atoms with E-state index >= 15 is 0 Å². The van der Waals surface area contributed by atoms with E-state index in [-0.39, 0.29) is 0 Å². The Labute approximate surface area is 335 Å². The summed E-state index contributed by atoms with van der Waals surface area (Å²) in [6.45, 7) is 6.14. The molecule has 4 aromatic heterocycles. The summed E-state index contributed by atoms with van der Waals surface area (Å²) in [5.74, 6) is 0. The topological polar surface area (TPSA) is 30.7 Å². The zero-order chi connectivity index (χ0) is 38.3. The predicted octanol–water partition coefficient (Wildman–Crippen LogP) is 14.8. The van der Waals surface area contributed by atoms with Crippen molar-refractivity contribution in [1.82, 2.24) is 14.5 Å². The van der Waals surface area contributed by atoms with Gasteiger partial charge in [0.25, 0.3) is 0 Å². The number of pyridine rings is 2. The first-order valence-corrected chi connectivity index (χ1v) is 20.0. The molecule has 10 rings (SSSR count). The average Bonchev–Trinajstić information content (AvgIpc) is 3.81. The molecule has 0 unspecified atom stereocenters. The zero-order valence-corrected chi connectivity index (χ0v) is 32.2. The third kappa shape index (κ3) is 6.08. The van der Waals surface area contributed by atoms with Crippen LogP contribution in [0.3, 0.4) is 0 Å². The molecule has 0 spiro atoms. The summed E-state index contributed by atoms with van der Waals surface area (Å²) in [6.07, 6.45) is 11.9. The lowest BCUT2D eigenvalue weighted by Gasteiger charge is -2.11. The molecule has 0 amide bonds. The van der Waals surface area contributed by atoms with E-state index in [1.165, 1.54) is 30.9 Å². The summed E-state index contributed by atoms with van der Waals surface area (Å²) in [7, 11) is 0. The van der Waals surface area contributed by atoms with Crippen LogP contribution in [0.4, 0.5) is 0 Å². The van der Waals surface area contributed by atoms with E-state index in [1.54, 1.807) is 0 Å². The van der Waals surface area contributed by atoms with E-state index in [4.69, 9.17) is 9.97 Å². The molecule has 0 aliphatic rings. The SMILES string of the molecule is C=C/C(=C\C=C/C)c1ccc2sc3ccc(-n4c5ccc(-c6ccccc6-c6ccccn6)cc5c5cc(-c6ccccc6-c6ccccn6)ccc54)cc3c2c1. The maximum absolute atomic E-state index is 4.73. The van der Waals surface area contributed by atoms with E-state index in [1.807, 2.05) is 67.1 Å². The second-order valence-corrected chi connectivity index (χ2v) is 15.2. The van der Waals surface area contributed by atoms with Crippen molar-refractivity contribution in [3.05, 3.63) is 207 Å². The van der Waals surface area contributed by atoms with E-state index < -0.39 is 0 Å². The Balaban J connectivity index is 1.21. The van der Waals surface area contributed by atoms with Gasteiger partial charge in [-0.1, -0.05) is 110 Å². The van der Waals surface area contributed by atoms with E-state index in [2.05, 4.69) is 157 Å². The van der Waals surface area contributed by atoms with E-state index in [9.17, 15) is 0 Å². The summed E-state index contributed by atoms with van der Waals surface area (Å²) < 4.78 is 4.97. The van der Waals surface area contributed by atoms with Gasteiger partial charge in [-0.25, -0.2) is 0 Å². The molecule has 0 saturated heterocycles. The number of hydrogen-bond donors (Lipinski definition) is 0. The predicted molar refractivity (Wildman–Crippen MR) is 244 cm³/mol. The summed E-state index contributed by atoms with van der Waals surface area (Å²) in [5, 5.41) is 4.89. The molecule has 0 fully saturated rings. The van der Waals surface area contributed by atoms with Crippen LogP contribution in [0.25, 0.3) is 98.0 Å². The number of benzene rings is 6. The van der Waals surface area contributed by atoms with Gasteiger partial charge in [-0.05, 0) is 119 Å². The Morgan fingerprint density at radius 1 is 0.544 bits per heavy atom. The molecule has 3 nitrogen and oxygen atoms in total. The minimum absolute atomic E-state index is 0.959. The summed E-state index contributed by atoms with van der Waals surface area (Å²) in [5.41, 5.74) is 14.5. The standard InChI is InChI=1S/C53H37N3S/c1-3-5-14-35(4-2)36-23-27-52-46(31-36)47-34-39(24-28-53(47)57-52)56-50-25-21-37(40-15-6-8-17-42(40)48-19-10-12-29-54-48)32-44(50)45-33-38(22-26-51(45)56)41-16-7-9-18-43(41)49-20-11-13-30-55-49/h3-34H,2H2,1H3/b5-3-,35-14+. The first-order valence-electron chi connectivity index (χ1n) is 19.2. The van der Waals surface area contributed by atoms with Crippen LogP contribution in [-0.4, -0.2) is 14.5 Å². The fourth-order valence-corrected chi connectivity index (χ4v) is 9.23. The molecule has 0 N–H and O–H groups in total. The number of thiophene rings is 1. The third-order valence-corrected chi connectivity index (χ3v) is 12.0. The Kier molecular flexibility index (Phi) is 8.74. The normalized spacial score (nSPS) is 12.1. The maximum Gasteiger partial charge on any atom is 0.0708 e. The van der Waals surface area contributed by atoms with Crippen molar-refractivity contribution in [3.8, 4) is 50.5 Å². The van der Waals surface area contributed by atoms with Crippen LogP contribution in [-0.2, 0) is 0 Å². The van der Waals surface area contributed by atoms with Gasteiger partial charge < -0.3 is 4.57 Å². The van der Waals surface area contributed by atoms with Gasteiger partial charge >= 0.3 is 0 Å². The van der Waals surface area contributed by atoms with Crippen LogP contribution in [0, 0.1) is 0 Å². The molecular formula is C53H37N3S. The number of hydrogen-bond acceptors (Lipinski definition) is 3. The minimum Gasteiger partial charge on any atom is -0.309 e. The van der Waals surface area contributed by atoms with Gasteiger partial charge in [-0.2, -0.15) is 0 Å². The Bertz CT molecular complexity index is 3060. The van der Waals surface area contributed by atoms with E-state index in [0.29, 0.717) is 0 Å². The molecule has 270 valence electrons. The van der Waals surface area contributed by atoms with Crippen LogP contribution >= 0.6 is 11.3 Å². The molecule has 4 heteroatoms. The zero-order valence-electron chi connectivity index (χ0n) is 31.4. The molecule has 0 saturated carbocycles. The molecular weight excluding hydrogens is 711 g/mol. The second-order valence-electron chi connectivity index (χ2n) is 14.2. The van der Waals surface area contributed by atoms with Crippen LogP contribution in [0.1, 0.15) is 12.5 Å². The van der Waals surface area contributed by atoms with Crippen molar-refractivity contribution in [2.75, 3.05) is 0 Å². The van der Waals surface area contributed by atoms with Gasteiger partial charge in [0.1, 0.15) is 0 Å². The minimum atomic E-state index is 0.959. The number of allylic oxidation sites excluding steroid dienone is 5. The van der Waals surface area contributed by atoms with Crippen molar-refractivity contribution in [3.63, 3.8) is 0 Å². The first-order chi connectivity index (χ1) is 28.2. The number of fused-ring (bicyclic) bond motifs is 6. The molecule has 0 bridgehead atoms. The monoisotopic (exact) mass is 747 g/mol. The number of aromatic nitrogens is 3. The maximum atomic E-state index is 4.73. The highest BCUT2D eigenvalue weighted by atomic mass is 32.1. The van der Waals surface area contributed by atoms with Gasteiger partial charge in [0, 0.05) is 60.2 Å². The Morgan fingerprint density at radius 3 is 1.63 bits per heavy atom. The summed E-state index contributed by atoms with van der Waals surface area (Å²) in [6, 6.07) is 56.9. The Morgan fingerprint density at radius 2 is 1.09 bits per heavy atom. The number of nitrogens with zero attached hydrogens (tertiary/aromatic N) is 3. The second kappa shape index (κ2) is 14.5. The number of rotatable bonds is 8. The lowest BCUT2D eigenvalue weighted by atomic mass is 9.94. The molecule has 0 radical (unpaired) electrons. The quantitative estimate of drug-likeness (QED) is 0.145. The van der Waals surface area contributed by atoms with Crippen molar-refractivity contribution >= 4 is 58.9 Å². The molecule has 0 aliphatic carbocycles. The molecule has 57 heavy (non-hydrogen) atoms. The Hall–Kier alpha value is -7.14. The van der Waals surface area contributed by atoms with Gasteiger partial charge in [-0.3, -0.25) is 9.97 Å². The molecule has 0 atom stereocenters. The van der Waals surface area contributed by atoms with Crippen LogP contribution < -0.4 is 0 Å². The molecule has 10 aromatic rings. The van der Waals surface area contributed by atoms with Crippen molar-refractivity contribution in [1.29, 1.82) is 0 Å².